The molecule has 12 heteroatoms. The molecule has 0 atom stereocenters. The fraction of sp³-hybridized carbons (Fsp3) is 0.200. The molecule has 3 aromatic carbocycles. The molecular formula is C35H38N2O10. The van der Waals surface area contributed by atoms with Crippen LogP contribution in [-0.4, -0.2) is 64.7 Å². The van der Waals surface area contributed by atoms with Crippen molar-refractivity contribution in [3.63, 3.8) is 0 Å². The van der Waals surface area contributed by atoms with Crippen molar-refractivity contribution < 1.29 is 48.2 Å². The van der Waals surface area contributed by atoms with Crippen LogP contribution >= 0.6 is 0 Å². The van der Waals surface area contributed by atoms with E-state index in [1.807, 2.05) is 0 Å². The molecule has 0 aliphatic heterocycles. The Kier molecular flexibility index (Phi) is 13.5. The molecule has 0 radical (unpaired) electrons. The standard InChI is InChI=1S/C35H38N2O10/c1-42-27-17-22(18-28(43-2)33(27)46-5)11-7-9-13-31(38)36-25-16-15-24(35(40)41)21-26(25)37-32(39)14-10-8-12-23-19-29(44-3)34(47-6)30(20-23)45-4/h7-21,35,40-41H,1-6H3,(H,36,38)(H,37,39). The summed E-state index contributed by atoms with van der Waals surface area (Å²) in [6, 6.07) is 11.3. The number of methoxy groups -OCH3 is 6. The highest BCUT2D eigenvalue weighted by Gasteiger charge is 2.14. The number of anilines is 2. The lowest BCUT2D eigenvalue weighted by atomic mass is 10.1. The van der Waals surface area contributed by atoms with E-state index in [4.69, 9.17) is 28.4 Å². The molecule has 0 aliphatic rings. The molecule has 0 aromatic heterocycles. The molecule has 12 nitrogen and oxygen atoms in total. The fourth-order valence-corrected chi connectivity index (χ4v) is 4.30. The average Bonchev–Trinajstić information content (AvgIpc) is 3.08. The Bertz CT molecular complexity index is 1620. The minimum Gasteiger partial charge on any atom is -0.493 e. The molecule has 0 aliphatic carbocycles. The Morgan fingerprint density at radius 3 is 1.34 bits per heavy atom. The van der Waals surface area contributed by atoms with Crippen LogP contribution in [0.1, 0.15) is 23.0 Å². The SMILES string of the molecule is COc1cc(C=CC=CC(=O)Nc2ccc(C(O)O)cc2NC(=O)C=CC=Cc2cc(OC)c(OC)c(OC)c2)cc(OC)c1OC. The van der Waals surface area contributed by atoms with E-state index in [2.05, 4.69) is 10.6 Å². The second kappa shape index (κ2) is 17.7. The van der Waals surface area contributed by atoms with Gasteiger partial charge in [-0.1, -0.05) is 42.5 Å². The highest BCUT2D eigenvalue weighted by Crippen LogP contribution is 2.39. The summed E-state index contributed by atoms with van der Waals surface area (Å²) >= 11 is 0. The topological polar surface area (TPSA) is 154 Å². The number of hydrogen-bond acceptors (Lipinski definition) is 10. The van der Waals surface area contributed by atoms with Gasteiger partial charge in [-0.15, -0.1) is 0 Å². The van der Waals surface area contributed by atoms with Crippen molar-refractivity contribution in [2.45, 2.75) is 6.29 Å². The van der Waals surface area contributed by atoms with Gasteiger partial charge in [-0.3, -0.25) is 9.59 Å². The lowest BCUT2D eigenvalue weighted by Gasteiger charge is -2.13. The first kappa shape index (κ1) is 35.8. The van der Waals surface area contributed by atoms with Gasteiger partial charge in [0.2, 0.25) is 23.3 Å². The molecule has 3 rings (SSSR count). The van der Waals surface area contributed by atoms with Gasteiger partial charge < -0.3 is 49.3 Å². The van der Waals surface area contributed by atoms with Crippen molar-refractivity contribution in [3.05, 3.63) is 95.6 Å². The summed E-state index contributed by atoms with van der Waals surface area (Å²) in [5.74, 6) is 1.86. The van der Waals surface area contributed by atoms with Crippen LogP contribution in [0.25, 0.3) is 12.2 Å². The van der Waals surface area contributed by atoms with E-state index in [0.717, 1.165) is 11.1 Å². The highest BCUT2D eigenvalue weighted by molar-refractivity contribution is 6.06. The van der Waals surface area contributed by atoms with Gasteiger partial charge >= 0.3 is 0 Å². The molecule has 0 saturated carbocycles. The zero-order valence-electron chi connectivity index (χ0n) is 26.9. The molecule has 4 N–H and O–H groups in total. The molecule has 248 valence electrons. The van der Waals surface area contributed by atoms with Crippen molar-refractivity contribution in [2.24, 2.45) is 0 Å². The molecular weight excluding hydrogens is 608 g/mol. The Hall–Kier alpha value is -5.72. The quantitative estimate of drug-likeness (QED) is 0.0992. The Labute approximate surface area is 273 Å². The van der Waals surface area contributed by atoms with Crippen LogP contribution in [0.15, 0.2) is 78.9 Å². The number of carbonyl (C=O) groups is 2. The molecule has 3 aromatic rings. The summed E-state index contributed by atoms with van der Waals surface area (Å²) in [6.45, 7) is 0. The Morgan fingerprint density at radius 2 is 0.979 bits per heavy atom. The van der Waals surface area contributed by atoms with Gasteiger partial charge in [-0.25, -0.2) is 0 Å². The van der Waals surface area contributed by atoms with Crippen LogP contribution in [0.5, 0.6) is 34.5 Å². The largest absolute Gasteiger partial charge is 0.493 e. The maximum atomic E-state index is 12.7. The first-order valence-electron chi connectivity index (χ1n) is 14.1. The first-order chi connectivity index (χ1) is 22.7. The minimum absolute atomic E-state index is 0.119. The monoisotopic (exact) mass is 646 g/mol. The van der Waals surface area contributed by atoms with Gasteiger partial charge in [0.15, 0.2) is 29.3 Å². The van der Waals surface area contributed by atoms with Gasteiger partial charge in [0.05, 0.1) is 54.0 Å². The van der Waals surface area contributed by atoms with Gasteiger partial charge in [-0.2, -0.15) is 0 Å². The second-order valence-corrected chi connectivity index (χ2v) is 9.51. The summed E-state index contributed by atoms with van der Waals surface area (Å²) < 4.78 is 32.1. The smallest absolute Gasteiger partial charge is 0.248 e. The number of rotatable bonds is 15. The van der Waals surface area contributed by atoms with Gasteiger partial charge in [0.25, 0.3) is 0 Å². The third-order valence-electron chi connectivity index (χ3n) is 6.53. The van der Waals surface area contributed by atoms with E-state index >= 15 is 0 Å². The van der Waals surface area contributed by atoms with E-state index in [0.29, 0.717) is 34.5 Å². The van der Waals surface area contributed by atoms with E-state index in [9.17, 15) is 19.8 Å². The van der Waals surface area contributed by atoms with Gasteiger partial charge in [0.1, 0.15) is 0 Å². The predicted octanol–water partition coefficient (Wildman–Crippen LogP) is 5.14. The molecule has 0 bridgehead atoms. The summed E-state index contributed by atoms with van der Waals surface area (Å²) in [6.07, 6.45) is 10.6. The predicted molar refractivity (Wildman–Crippen MR) is 179 cm³/mol. The number of carbonyl (C=O) groups excluding carboxylic acids is 2. The molecule has 0 unspecified atom stereocenters. The maximum Gasteiger partial charge on any atom is 0.248 e. The van der Waals surface area contributed by atoms with Crippen LogP contribution in [-0.2, 0) is 9.59 Å². The maximum absolute atomic E-state index is 12.7. The molecule has 0 heterocycles. The minimum atomic E-state index is -1.78. The number of aliphatic hydroxyl groups excluding tert-OH is 1. The third-order valence-corrected chi connectivity index (χ3v) is 6.53. The Morgan fingerprint density at radius 1 is 0.574 bits per heavy atom. The summed E-state index contributed by atoms with van der Waals surface area (Å²) in [5.41, 5.74) is 2.01. The summed E-state index contributed by atoms with van der Waals surface area (Å²) in [4.78, 5) is 25.4. The van der Waals surface area contributed by atoms with E-state index in [1.54, 1.807) is 48.6 Å². The highest BCUT2D eigenvalue weighted by atomic mass is 16.5. The van der Waals surface area contributed by atoms with Crippen molar-refractivity contribution >= 4 is 35.3 Å². The lowest BCUT2D eigenvalue weighted by Crippen LogP contribution is -2.14. The van der Waals surface area contributed by atoms with Crippen LogP contribution in [0.3, 0.4) is 0 Å². The van der Waals surface area contributed by atoms with Crippen LogP contribution < -0.4 is 39.1 Å². The Balaban J connectivity index is 1.71. The van der Waals surface area contributed by atoms with Crippen molar-refractivity contribution in [1.29, 1.82) is 0 Å². The van der Waals surface area contributed by atoms with Crippen LogP contribution in [0, 0.1) is 0 Å². The summed E-state index contributed by atoms with van der Waals surface area (Å²) in [7, 11) is 9.11. The van der Waals surface area contributed by atoms with Crippen molar-refractivity contribution in [3.8, 4) is 34.5 Å². The van der Waals surface area contributed by atoms with Crippen LogP contribution in [0.2, 0.25) is 0 Å². The van der Waals surface area contributed by atoms with E-state index in [-0.39, 0.29) is 16.9 Å². The second-order valence-electron chi connectivity index (χ2n) is 9.51. The number of nitrogens with one attached hydrogen (secondary N) is 2. The number of aliphatic hydroxyl groups is 2. The average molecular weight is 647 g/mol. The number of hydrogen-bond donors (Lipinski definition) is 4. The van der Waals surface area contributed by atoms with Gasteiger partial charge in [0, 0.05) is 17.7 Å². The van der Waals surface area contributed by atoms with Crippen molar-refractivity contribution in [1.82, 2.24) is 0 Å². The van der Waals surface area contributed by atoms with Crippen LogP contribution in [0.4, 0.5) is 11.4 Å². The number of ether oxygens (including phenoxy) is 6. The lowest BCUT2D eigenvalue weighted by molar-refractivity contribution is -0.112. The fourth-order valence-electron chi connectivity index (χ4n) is 4.30. The zero-order valence-corrected chi connectivity index (χ0v) is 26.9. The number of allylic oxidation sites excluding steroid dienone is 4. The van der Waals surface area contributed by atoms with E-state index in [1.165, 1.54) is 85.2 Å². The van der Waals surface area contributed by atoms with Gasteiger partial charge in [-0.05, 0) is 47.5 Å². The zero-order chi connectivity index (χ0) is 34.3. The number of benzene rings is 3. The van der Waals surface area contributed by atoms with E-state index < -0.39 is 18.1 Å². The third kappa shape index (κ3) is 9.88. The molecule has 0 fully saturated rings. The van der Waals surface area contributed by atoms with Crippen molar-refractivity contribution in [2.75, 3.05) is 53.3 Å². The molecule has 0 saturated heterocycles. The molecule has 2 amide bonds. The summed E-state index contributed by atoms with van der Waals surface area (Å²) in [5, 5.41) is 24.6. The first-order valence-corrected chi connectivity index (χ1v) is 14.1. The normalized spacial score (nSPS) is 11.4. The molecule has 0 spiro atoms. The molecule has 47 heavy (non-hydrogen) atoms. The number of amides is 2.